The maximum absolute atomic E-state index is 12.0. The molecule has 0 radical (unpaired) electrons. The van der Waals surface area contributed by atoms with Crippen LogP contribution in [-0.4, -0.2) is 32.0 Å². The molecule has 2 rings (SSSR count). The summed E-state index contributed by atoms with van der Waals surface area (Å²) in [6.07, 6.45) is -7.06. The molecule has 1 aromatic heterocycles. The van der Waals surface area contributed by atoms with E-state index in [1.165, 1.54) is 11.3 Å². The Hall–Kier alpha value is -1.16. The Kier molecular flexibility index (Phi) is 5.10. The third kappa shape index (κ3) is 4.67. The van der Waals surface area contributed by atoms with Crippen molar-refractivity contribution < 1.29 is 26.7 Å². The quantitative estimate of drug-likeness (QED) is 0.839. The summed E-state index contributed by atoms with van der Waals surface area (Å²) in [7, 11) is -4.08. The summed E-state index contributed by atoms with van der Waals surface area (Å²) in [6.45, 7) is -0.360. The standard InChI is InChI=1S/C13H14F3NO3S2/c14-13(15,16)5-6-22(19,20)17-7-11(18)10-8-21-12-4-2-1-3-9(10)12/h1-4,8,11,17-18H,5-7H2. The van der Waals surface area contributed by atoms with Crippen molar-refractivity contribution in [3.63, 3.8) is 0 Å². The van der Waals surface area contributed by atoms with Crippen molar-refractivity contribution in [1.82, 2.24) is 4.72 Å². The van der Waals surface area contributed by atoms with Gasteiger partial charge in [-0.3, -0.25) is 0 Å². The van der Waals surface area contributed by atoms with Crippen LogP contribution in [0.2, 0.25) is 0 Å². The zero-order chi connectivity index (χ0) is 16.4. The van der Waals surface area contributed by atoms with Crippen LogP contribution >= 0.6 is 11.3 Å². The van der Waals surface area contributed by atoms with Crippen LogP contribution in [0.5, 0.6) is 0 Å². The SMILES string of the molecule is O=S(=O)(CCC(F)(F)F)NCC(O)c1csc2ccccc12. The van der Waals surface area contributed by atoms with Crippen molar-refractivity contribution in [2.75, 3.05) is 12.3 Å². The molecule has 0 aliphatic heterocycles. The van der Waals surface area contributed by atoms with Crippen LogP contribution in [0.1, 0.15) is 18.1 Å². The minimum absolute atomic E-state index is 0.360. The zero-order valence-electron chi connectivity index (χ0n) is 11.3. The van der Waals surface area contributed by atoms with E-state index in [9.17, 15) is 26.7 Å². The Morgan fingerprint density at radius 3 is 2.64 bits per heavy atom. The second-order valence-electron chi connectivity index (χ2n) is 4.74. The third-order valence-corrected chi connectivity index (χ3v) is 5.35. The Bertz CT molecular complexity index is 740. The number of hydrogen-bond donors (Lipinski definition) is 2. The topological polar surface area (TPSA) is 66.4 Å². The van der Waals surface area contributed by atoms with Crippen molar-refractivity contribution >= 4 is 31.4 Å². The molecule has 0 aliphatic carbocycles. The molecule has 0 bridgehead atoms. The number of nitrogens with one attached hydrogen (secondary N) is 1. The van der Waals surface area contributed by atoms with Gasteiger partial charge in [0.15, 0.2) is 0 Å². The first-order valence-corrected chi connectivity index (χ1v) is 8.89. The Morgan fingerprint density at radius 2 is 1.95 bits per heavy atom. The Labute approximate surface area is 129 Å². The Balaban J connectivity index is 1.99. The van der Waals surface area contributed by atoms with E-state index in [0.29, 0.717) is 5.56 Å². The largest absolute Gasteiger partial charge is 0.390 e. The van der Waals surface area contributed by atoms with Crippen LogP contribution in [-0.2, 0) is 10.0 Å². The monoisotopic (exact) mass is 353 g/mol. The van der Waals surface area contributed by atoms with Gasteiger partial charge in [-0.25, -0.2) is 13.1 Å². The first-order valence-electron chi connectivity index (χ1n) is 6.36. The minimum atomic E-state index is -4.53. The molecular weight excluding hydrogens is 339 g/mol. The number of halogens is 3. The van der Waals surface area contributed by atoms with Gasteiger partial charge in [0, 0.05) is 16.8 Å². The average molecular weight is 353 g/mol. The molecular formula is C13H14F3NO3S2. The normalized spacial score (nSPS) is 14.4. The molecule has 0 saturated heterocycles. The van der Waals surface area contributed by atoms with Gasteiger partial charge in [0.1, 0.15) is 0 Å². The van der Waals surface area contributed by atoms with E-state index in [2.05, 4.69) is 0 Å². The number of benzene rings is 1. The predicted molar refractivity (Wildman–Crippen MR) is 79.2 cm³/mol. The van der Waals surface area contributed by atoms with Gasteiger partial charge in [0.25, 0.3) is 0 Å². The molecule has 1 unspecified atom stereocenters. The lowest BCUT2D eigenvalue weighted by molar-refractivity contribution is -0.129. The molecule has 1 heterocycles. The molecule has 2 aromatic rings. The summed E-state index contributed by atoms with van der Waals surface area (Å²) < 4.78 is 62.1. The van der Waals surface area contributed by atoms with E-state index in [-0.39, 0.29) is 6.54 Å². The van der Waals surface area contributed by atoms with Crippen LogP contribution in [0.25, 0.3) is 10.1 Å². The van der Waals surface area contributed by atoms with E-state index < -0.39 is 34.5 Å². The maximum atomic E-state index is 12.0. The van der Waals surface area contributed by atoms with E-state index in [1.54, 1.807) is 17.5 Å². The predicted octanol–water partition coefficient (Wildman–Crippen LogP) is 2.81. The van der Waals surface area contributed by atoms with E-state index in [4.69, 9.17) is 0 Å². The van der Waals surface area contributed by atoms with Crippen molar-refractivity contribution in [3.8, 4) is 0 Å². The first-order chi connectivity index (χ1) is 10.2. The summed E-state index contributed by atoms with van der Waals surface area (Å²) in [4.78, 5) is 0. The second kappa shape index (κ2) is 6.53. The highest BCUT2D eigenvalue weighted by molar-refractivity contribution is 7.89. The highest BCUT2D eigenvalue weighted by Crippen LogP contribution is 2.30. The molecule has 2 N–H and O–H groups in total. The van der Waals surface area contributed by atoms with Crippen molar-refractivity contribution in [3.05, 3.63) is 35.2 Å². The maximum Gasteiger partial charge on any atom is 0.390 e. The van der Waals surface area contributed by atoms with Crippen molar-refractivity contribution in [2.45, 2.75) is 18.7 Å². The van der Waals surface area contributed by atoms with Gasteiger partial charge in [0.05, 0.1) is 18.3 Å². The van der Waals surface area contributed by atoms with Crippen LogP contribution in [0.3, 0.4) is 0 Å². The fourth-order valence-corrected chi connectivity index (χ4v) is 3.96. The van der Waals surface area contributed by atoms with Crippen molar-refractivity contribution in [1.29, 1.82) is 0 Å². The van der Waals surface area contributed by atoms with Gasteiger partial charge in [-0.15, -0.1) is 11.3 Å². The molecule has 9 heteroatoms. The van der Waals surface area contributed by atoms with E-state index >= 15 is 0 Å². The zero-order valence-corrected chi connectivity index (χ0v) is 12.9. The summed E-state index contributed by atoms with van der Waals surface area (Å²) in [5.74, 6) is -1.05. The molecule has 1 atom stereocenters. The van der Waals surface area contributed by atoms with Gasteiger partial charge in [-0.2, -0.15) is 13.2 Å². The number of aliphatic hydroxyl groups excluding tert-OH is 1. The molecule has 0 amide bonds. The summed E-state index contributed by atoms with van der Waals surface area (Å²) in [5, 5.41) is 12.6. The third-order valence-electron chi connectivity index (χ3n) is 3.02. The van der Waals surface area contributed by atoms with Crippen molar-refractivity contribution in [2.24, 2.45) is 0 Å². The molecule has 0 aliphatic rings. The first kappa shape index (κ1) is 17.2. The summed E-state index contributed by atoms with van der Waals surface area (Å²) >= 11 is 1.40. The lowest BCUT2D eigenvalue weighted by Gasteiger charge is -2.12. The van der Waals surface area contributed by atoms with Crippen LogP contribution in [0.15, 0.2) is 29.6 Å². The van der Waals surface area contributed by atoms with Gasteiger partial charge in [-0.05, 0) is 16.8 Å². The highest BCUT2D eigenvalue weighted by Gasteiger charge is 2.30. The smallest absolute Gasteiger partial charge is 0.387 e. The Morgan fingerprint density at radius 1 is 1.27 bits per heavy atom. The van der Waals surface area contributed by atoms with Crippen LogP contribution in [0, 0.1) is 0 Å². The number of fused-ring (bicyclic) bond motifs is 1. The number of alkyl halides is 3. The molecule has 1 aromatic carbocycles. The number of rotatable bonds is 6. The molecule has 0 fully saturated rings. The van der Waals surface area contributed by atoms with E-state index in [1.807, 2.05) is 16.9 Å². The summed E-state index contributed by atoms with van der Waals surface area (Å²) in [6, 6.07) is 7.29. The van der Waals surface area contributed by atoms with E-state index in [0.717, 1.165) is 10.1 Å². The number of thiophene rings is 1. The highest BCUT2D eigenvalue weighted by atomic mass is 32.2. The molecule has 22 heavy (non-hydrogen) atoms. The lowest BCUT2D eigenvalue weighted by Crippen LogP contribution is -2.32. The van der Waals surface area contributed by atoms with Crippen LogP contribution in [0.4, 0.5) is 13.2 Å². The molecule has 4 nitrogen and oxygen atoms in total. The molecule has 0 spiro atoms. The second-order valence-corrected chi connectivity index (χ2v) is 7.57. The average Bonchev–Trinajstić information content (AvgIpc) is 2.86. The molecule has 0 saturated carbocycles. The number of sulfonamides is 1. The summed E-state index contributed by atoms with van der Waals surface area (Å²) in [5.41, 5.74) is 0.555. The fraction of sp³-hybridized carbons (Fsp3) is 0.385. The van der Waals surface area contributed by atoms with Gasteiger partial charge in [0.2, 0.25) is 10.0 Å². The van der Waals surface area contributed by atoms with Gasteiger partial charge >= 0.3 is 6.18 Å². The molecule has 122 valence electrons. The van der Waals surface area contributed by atoms with Crippen LogP contribution < -0.4 is 4.72 Å². The van der Waals surface area contributed by atoms with Gasteiger partial charge in [-0.1, -0.05) is 18.2 Å². The van der Waals surface area contributed by atoms with Gasteiger partial charge < -0.3 is 5.11 Å². The fourth-order valence-electron chi connectivity index (χ4n) is 1.89. The lowest BCUT2D eigenvalue weighted by atomic mass is 10.1. The minimum Gasteiger partial charge on any atom is -0.387 e. The number of aliphatic hydroxyl groups is 1. The number of hydrogen-bond acceptors (Lipinski definition) is 4.